The van der Waals surface area contributed by atoms with Crippen molar-refractivity contribution in [1.82, 2.24) is 9.97 Å². The second-order valence-corrected chi connectivity index (χ2v) is 4.32. The van der Waals surface area contributed by atoms with Crippen molar-refractivity contribution in [2.75, 3.05) is 29.9 Å². The molecule has 16 heavy (non-hydrogen) atoms. The smallest absolute Gasteiger partial charge is 0.224 e. The average Bonchev–Trinajstić information content (AvgIpc) is 2.81. The minimum absolute atomic E-state index is 0.759. The third-order valence-corrected chi connectivity index (χ3v) is 2.88. The van der Waals surface area contributed by atoms with Crippen molar-refractivity contribution in [3.05, 3.63) is 11.8 Å². The molecule has 4 heteroatoms. The summed E-state index contributed by atoms with van der Waals surface area (Å²) in [5.41, 5.74) is 1.17. The molecular formula is C12H20N4. The summed E-state index contributed by atoms with van der Waals surface area (Å²) < 4.78 is 0. The number of nitrogens with zero attached hydrogens (tertiary/aromatic N) is 3. The van der Waals surface area contributed by atoms with Crippen molar-refractivity contribution >= 4 is 11.8 Å². The van der Waals surface area contributed by atoms with E-state index in [1.807, 2.05) is 6.20 Å². The molecule has 88 valence electrons. The summed E-state index contributed by atoms with van der Waals surface area (Å²) in [6, 6.07) is 0. The van der Waals surface area contributed by atoms with Crippen LogP contribution < -0.4 is 10.2 Å². The fourth-order valence-electron chi connectivity index (χ4n) is 2.00. The molecule has 0 atom stereocenters. The standard InChI is InChI=1S/C12H20N4/c1-3-6-13-12-14-9-10(2)11(15-12)16-7-4-5-8-16/h9H,3-8H2,1-2H3,(H,13,14,15). The van der Waals surface area contributed by atoms with Crippen molar-refractivity contribution in [3.8, 4) is 0 Å². The molecular weight excluding hydrogens is 200 g/mol. The Balaban J connectivity index is 2.15. The number of hydrogen-bond acceptors (Lipinski definition) is 4. The van der Waals surface area contributed by atoms with E-state index >= 15 is 0 Å². The minimum atomic E-state index is 0.759. The molecule has 1 aromatic heterocycles. The summed E-state index contributed by atoms with van der Waals surface area (Å²) in [5, 5.41) is 3.24. The zero-order valence-corrected chi connectivity index (χ0v) is 10.2. The monoisotopic (exact) mass is 220 g/mol. The zero-order valence-electron chi connectivity index (χ0n) is 10.2. The number of aromatic nitrogens is 2. The first-order valence-corrected chi connectivity index (χ1v) is 6.13. The number of anilines is 2. The molecule has 0 amide bonds. The maximum Gasteiger partial charge on any atom is 0.224 e. The first-order chi connectivity index (χ1) is 7.81. The summed E-state index contributed by atoms with van der Waals surface area (Å²) in [6.07, 6.45) is 5.57. The van der Waals surface area contributed by atoms with Crippen molar-refractivity contribution < 1.29 is 0 Å². The van der Waals surface area contributed by atoms with E-state index < -0.39 is 0 Å². The Morgan fingerprint density at radius 3 is 2.81 bits per heavy atom. The Bertz CT molecular complexity index is 345. The van der Waals surface area contributed by atoms with Gasteiger partial charge in [-0.2, -0.15) is 4.98 Å². The van der Waals surface area contributed by atoms with Crippen LogP contribution in [0.1, 0.15) is 31.7 Å². The van der Waals surface area contributed by atoms with Crippen LogP contribution in [-0.4, -0.2) is 29.6 Å². The fourth-order valence-corrected chi connectivity index (χ4v) is 2.00. The van der Waals surface area contributed by atoms with E-state index in [9.17, 15) is 0 Å². The molecule has 0 aromatic carbocycles. The molecule has 0 spiro atoms. The molecule has 0 radical (unpaired) electrons. The summed E-state index contributed by atoms with van der Waals surface area (Å²) in [7, 11) is 0. The molecule has 1 fully saturated rings. The van der Waals surface area contributed by atoms with Crippen LogP contribution in [0.4, 0.5) is 11.8 Å². The average molecular weight is 220 g/mol. The molecule has 1 aromatic rings. The highest BCUT2D eigenvalue weighted by Gasteiger charge is 2.16. The van der Waals surface area contributed by atoms with E-state index in [4.69, 9.17) is 0 Å². The van der Waals surface area contributed by atoms with Gasteiger partial charge < -0.3 is 10.2 Å². The van der Waals surface area contributed by atoms with Crippen LogP contribution in [0.2, 0.25) is 0 Å². The third-order valence-electron chi connectivity index (χ3n) is 2.88. The van der Waals surface area contributed by atoms with Gasteiger partial charge >= 0.3 is 0 Å². The van der Waals surface area contributed by atoms with Gasteiger partial charge in [0.1, 0.15) is 5.82 Å². The molecule has 2 rings (SSSR count). The van der Waals surface area contributed by atoms with E-state index in [1.54, 1.807) is 0 Å². The van der Waals surface area contributed by atoms with Crippen LogP contribution in [-0.2, 0) is 0 Å². The Hall–Kier alpha value is -1.32. The van der Waals surface area contributed by atoms with Crippen LogP contribution in [0.15, 0.2) is 6.20 Å². The van der Waals surface area contributed by atoms with Crippen molar-refractivity contribution in [3.63, 3.8) is 0 Å². The normalized spacial score (nSPS) is 15.5. The predicted octanol–water partition coefficient (Wildman–Crippen LogP) is 2.21. The van der Waals surface area contributed by atoms with E-state index in [1.165, 1.54) is 18.4 Å². The topological polar surface area (TPSA) is 41.1 Å². The van der Waals surface area contributed by atoms with Gasteiger partial charge in [-0.05, 0) is 26.2 Å². The highest BCUT2D eigenvalue weighted by molar-refractivity contribution is 5.49. The van der Waals surface area contributed by atoms with Crippen molar-refractivity contribution in [2.45, 2.75) is 33.1 Å². The lowest BCUT2D eigenvalue weighted by molar-refractivity contribution is 0.901. The molecule has 2 heterocycles. The largest absolute Gasteiger partial charge is 0.356 e. The Kier molecular flexibility index (Phi) is 3.59. The Labute approximate surface area is 97.1 Å². The van der Waals surface area contributed by atoms with Gasteiger partial charge in [0.05, 0.1) is 0 Å². The van der Waals surface area contributed by atoms with Gasteiger partial charge in [-0.15, -0.1) is 0 Å². The van der Waals surface area contributed by atoms with Crippen LogP contribution in [0.25, 0.3) is 0 Å². The molecule has 0 saturated carbocycles. The van der Waals surface area contributed by atoms with Crippen LogP contribution in [0.3, 0.4) is 0 Å². The molecule has 1 aliphatic rings. The van der Waals surface area contributed by atoms with Gasteiger partial charge in [-0.25, -0.2) is 4.98 Å². The summed E-state index contributed by atoms with van der Waals surface area (Å²) in [4.78, 5) is 11.2. The molecule has 4 nitrogen and oxygen atoms in total. The maximum atomic E-state index is 4.60. The molecule has 1 N–H and O–H groups in total. The molecule has 1 saturated heterocycles. The maximum absolute atomic E-state index is 4.60. The number of aryl methyl sites for hydroxylation is 1. The SMILES string of the molecule is CCCNc1ncc(C)c(N2CCCC2)n1. The minimum Gasteiger partial charge on any atom is -0.356 e. The van der Waals surface area contributed by atoms with E-state index in [0.29, 0.717) is 0 Å². The zero-order chi connectivity index (χ0) is 11.4. The quantitative estimate of drug-likeness (QED) is 0.844. The lowest BCUT2D eigenvalue weighted by Gasteiger charge is -2.19. The van der Waals surface area contributed by atoms with Gasteiger partial charge in [0, 0.05) is 31.4 Å². The summed E-state index contributed by atoms with van der Waals surface area (Å²) in [6.45, 7) is 7.42. The van der Waals surface area contributed by atoms with Crippen LogP contribution in [0.5, 0.6) is 0 Å². The second kappa shape index (κ2) is 5.14. The Morgan fingerprint density at radius 2 is 2.12 bits per heavy atom. The van der Waals surface area contributed by atoms with Gasteiger partial charge in [0.2, 0.25) is 5.95 Å². The highest BCUT2D eigenvalue weighted by Crippen LogP contribution is 2.22. The summed E-state index contributed by atoms with van der Waals surface area (Å²) >= 11 is 0. The van der Waals surface area contributed by atoms with E-state index in [2.05, 4.69) is 34.0 Å². The lowest BCUT2D eigenvalue weighted by atomic mass is 10.3. The van der Waals surface area contributed by atoms with Gasteiger partial charge in [0.25, 0.3) is 0 Å². The lowest BCUT2D eigenvalue weighted by Crippen LogP contribution is -2.21. The van der Waals surface area contributed by atoms with Crippen LogP contribution >= 0.6 is 0 Å². The molecule has 0 bridgehead atoms. The first-order valence-electron chi connectivity index (χ1n) is 6.13. The van der Waals surface area contributed by atoms with Gasteiger partial charge in [-0.1, -0.05) is 6.92 Å². The molecule has 1 aliphatic heterocycles. The van der Waals surface area contributed by atoms with Crippen LogP contribution in [0, 0.1) is 6.92 Å². The molecule has 0 unspecified atom stereocenters. The van der Waals surface area contributed by atoms with E-state index in [0.717, 1.165) is 37.8 Å². The number of nitrogens with one attached hydrogen (secondary N) is 1. The second-order valence-electron chi connectivity index (χ2n) is 4.32. The number of hydrogen-bond donors (Lipinski definition) is 1. The van der Waals surface area contributed by atoms with Crippen molar-refractivity contribution in [2.24, 2.45) is 0 Å². The first kappa shape index (κ1) is 11.2. The van der Waals surface area contributed by atoms with Gasteiger partial charge in [-0.3, -0.25) is 0 Å². The summed E-state index contributed by atoms with van der Waals surface area (Å²) in [5.74, 6) is 1.86. The fraction of sp³-hybridized carbons (Fsp3) is 0.667. The highest BCUT2D eigenvalue weighted by atomic mass is 15.2. The number of rotatable bonds is 4. The predicted molar refractivity (Wildman–Crippen MR) is 67.0 cm³/mol. The van der Waals surface area contributed by atoms with E-state index in [-0.39, 0.29) is 0 Å². The van der Waals surface area contributed by atoms with Crippen molar-refractivity contribution in [1.29, 1.82) is 0 Å². The van der Waals surface area contributed by atoms with Gasteiger partial charge in [0.15, 0.2) is 0 Å². The third kappa shape index (κ3) is 2.43. The Morgan fingerprint density at radius 1 is 1.38 bits per heavy atom. The molecule has 0 aliphatic carbocycles.